The standard InChI is InChI=1S/C15H22N4O2/c1-11-4-7-18(8-5-11)14(20)10-19-9-12-13(17-19)3-2-6-16-15(12)21/h9,11H,2-8,10H2,1H3,(H,16,21). The molecule has 0 aromatic carbocycles. The molecule has 1 aromatic heterocycles. The number of carbonyl (C=O) groups is 2. The van der Waals surface area contributed by atoms with Gasteiger partial charge in [-0.3, -0.25) is 14.3 Å². The number of nitrogens with zero attached hydrogens (tertiary/aromatic N) is 3. The first-order chi connectivity index (χ1) is 10.1. The van der Waals surface area contributed by atoms with Crippen molar-refractivity contribution in [2.45, 2.75) is 39.2 Å². The molecular formula is C15H22N4O2. The fourth-order valence-corrected chi connectivity index (χ4v) is 2.97. The van der Waals surface area contributed by atoms with Crippen molar-refractivity contribution in [3.63, 3.8) is 0 Å². The maximum atomic E-state index is 12.3. The molecule has 6 heteroatoms. The zero-order valence-electron chi connectivity index (χ0n) is 12.5. The molecule has 0 aliphatic carbocycles. The van der Waals surface area contributed by atoms with Crippen LogP contribution in [-0.2, 0) is 17.8 Å². The van der Waals surface area contributed by atoms with E-state index in [1.807, 2.05) is 4.90 Å². The van der Waals surface area contributed by atoms with E-state index in [9.17, 15) is 9.59 Å². The van der Waals surface area contributed by atoms with E-state index in [1.54, 1.807) is 10.9 Å². The van der Waals surface area contributed by atoms with Crippen molar-refractivity contribution in [3.05, 3.63) is 17.5 Å². The molecule has 1 fully saturated rings. The van der Waals surface area contributed by atoms with E-state index in [1.165, 1.54) is 0 Å². The van der Waals surface area contributed by atoms with E-state index in [0.29, 0.717) is 18.0 Å². The molecule has 0 bridgehead atoms. The topological polar surface area (TPSA) is 67.2 Å². The van der Waals surface area contributed by atoms with Gasteiger partial charge in [-0.1, -0.05) is 6.92 Å². The number of fused-ring (bicyclic) bond motifs is 1. The van der Waals surface area contributed by atoms with Gasteiger partial charge in [-0.15, -0.1) is 0 Å². The second-order valence-corrected chi connectivity index (χ2v) is 6.11. The summed E-state index contributed by atoms with van der Waals surface area (Å²) in [5.41, 5.74) is 1.43. The average Bonchev–Trinajstić information content (AvgIpc) is 2.79. The fraction of sp³-hybridized carbons (Fsp3) is 0.667. The van der Waals surface area contributed by atoms with E-state index < -0.39 is 0 Å². The van der Waals surface area contributed by atoms with Crippen LogP contribution in [0.1, 0.15) is 42.2 Å². The number of carbonyl (C=O) groups excluding carboxylic acids is 2. The summed E-state index contributed by atoms with van der Waals surface area (Å²) in [6, 6.07) is 0. The second-order valence-electron chi connectivity index (χ2n) is 6.11. The number of hydrogen-bond donors (Lipinski definition) is 1. The third-order valence-electron chi connectivity index (χ3n) is 4.39. The maximum absolute atomic E-state index is 12.3. The van der Waals surface area contributed by atoms with Crippen molar-refractivity contribution < 1.29 is 9.59 Å². The third kappa shape index (κ3) is 3.09. The summed E-state index contributed by atoms with van der Waals surface area (Å²) >= 11 is 0. The molecule has 0 spiro atoms. The Balaban J connectivity index is 1.67. The monoisotopic (exact) mass is 290 g/mol. The molecule has 3 heterocycles. The Hall–Kier alpha value is -1.85. The number of piperidine rings is 1. The minimum atomic E-state index is -0.0759. The predicted octanol–water partition coefficient (Wildman–Crippen LogP) is 0.818. The number of aryl methyl sites for hydroxylation is 1. The number of rotatable bonds is 2. The van der Waals surface area contributed by atoms with E-state index >= 15 is 0 Å². The minimum absolute atomic E-state index is 0.0759. The molecule has 2 aliphatic heterocycles. The van der Waals surface area contributed by atoms with E-state index in [0.717, 1.165) is 44.5 Å². The van der Waals surface area contributed by atoms with Crippen LogP contribution >= 0.6 is 0 Å². The van der Waals surface area contributed by atoms with Crippen molar-refractivity contribution in [1.29, 1.82) is 0 Å². The van der Waals surface area contributed by atoms with E-state index in [4.69, 9.17) is 0 Å². The molecule has 3 rings (SSSR count). The van der Waals surface area contributed by atoms with Gasteiger partial charge in [0.15, 0.2) is 0 Å². The summed E-state index contributed by atoms with van der Waals surface area (Å²) in [5, 5.41) is 7.27. The van der Waals surface area contributed by atoms with Crippen molar-refractivity contribution >= 4 is 11.8 Å². The molecule has 1 aromatic rings. The normalized spacial score (nSPS) is 19.9. The highest BCUT2D eigenvalue weighted by Gasteiger charge is 2.23. The summed E-state index contributed by atoms with van der Waals surface area (Å²) < 4.78 is 1.62. The minimum Gasteiger partial charge on any atom is -0.352 e. The third-order valence-corrected chi connectivity index (χ3v) is 4.39. The molecule has 1 saturated heterocycles. The van der Waals surface area contributed by atoms with Gasteiger partial charge in [0.25, 0.3) is 5.91 Å². The highest BCUT2D eigenvalue weighted by atomic mass is 16.2. The van der Waals surface area contributed by atoms with Crippen LogP contribution in [0, 0.1) is 5.92 Å². The number of hydrogen-bond acceptors (Lipinski definition) is 3. The molecule has 2 aliphatic rings. The molecule has 114 valence electrons. The summed E-state index contributed by atoms with van der Waals surface area (Å²) in [5.74, 6) is 0.728. The van der Waals surface area contributed by atoms with Gasteiger partial charge in [-0.25, -0.2) is 0 Å². The first-order valence-corrected chi connectivity index (χ1v) is 7.76. The maximum Gasteiger partial charge on any atom is 0.254 e. The van der Waals surface area contributed by atoms with Gasteiger partial charge in [0.05, 0.1) is 11.3 Å². The molecule has 0 saturated carbocycles. The number of amides is 2. The summed E-state index contributed by atoms with van der Waals surface area (Å²) in [6.07, 6.45) is 5.54. The van der Waals surface area contributed by atoms with Gasteiger partial charge < -0.3 is 10.2 Å². The van der Waals surface area contributed by atoms with Crippen LogP contribution in [0.3, 0.4) is 0 Å². The predicted molar refractivity (Wildman–Crippen MR) is 77.9 cm³/mol. The van der Waals surface area contributed by atoms with Crippen LogP contribution in [0.2, 0.25) is 0 Å². The molecule has 0 radical (unpaired) electrons. The Morgan fingerprint density at radius 3 is 2.95 bits per heavy atom. The summed E-state index contributed by atoms with van der Waals surface area (Å²) in [4.78, 5) is 26.1. The Bertz CT molecular complexity index is 544. The second kappa shape index (κ2) is 5.87. The quantitative estimate of drug-likeness (QED) is 0.877. The van der Waals surface area contributed by atoms with E-state index in [-0.39, 0.29) is 18.4 Å². The van der Waals surface area contributed by atoms with Crippen LogP contribution in [0.25, 0.3) is 0 Å². The highest BCUT2D eigenvalue weighted by Crippen LogP contribution is 2.17. The average molecular weight is 290 g/mol. The Labute approximate surface area is 124 Å². The molecule has 2 amide bonds. The first kappa shape index (κ1) is 14.1. The van der Waals surface area contributed by atoms with Gasteiger partial charge in [0, 0.05) is 25.8 Å². The fourth-order valence-electron chi connectivity index (χ4n) is 2.97. The molecule has 0 unspecified atom stereocenters. The van der Waals surface area contributed by atoms with Crippen LogP contribution < -0.4 is 5.32 Å². The van der Waals surface area contributed by atoms with Gasteiger partial charge in [0.1, 0.15) is 6.54 Å². The SMILES string of the molecule is CC1CCN(C(=O)Cn2cc3c(n2)CCCNC3=O)CC1. The lowest BCUT2D eigenvalue weighted by Crippen LogP contribution is -2.39. The van der Waals surface area contributed by atoms with Crippen LogP contribution in [0.4, 0.5) is 0 Å². The van der Waals surface area contributed by atoms with Crippen LogP contribution in [0.5, 0.6) is 0 Å². The van der Waals surface area contributed by atoms with Crippen molar-refractivity contribution in [2.24, 2.45) is 5.92 Å². The summed E-state index contributed by atoms with van der Waals surface area (Å²) in [6.45, 7) is 4.82. The van der Waals surface area contributed by atoms with Crippen LogP contribution in [0.15, 0.2) is 6.20 Å². The highest BCUT2D eigenvalue weighted by molar-refractivity contribution is 5.95. The molecule has 6 nitrogen and oxygen atoms in total. The first-order valence-electron chi connectivity index (χ1n) is 7.76. The number of likely N-dealkylation sites (tertiary alicyclic amines) is 1. The molecule has 21 heavy (non-hydrogen) atoms. The zero-order valence-corrected chi connectivity index (χ0v) is 12.5. The Morgan fingerprint density at radius 1 is 1.43 bits per heavy atom. The van der Waals surface area contributed by atoms with E-state index in [2.05, 4.69) is 17.3 Å². The Morgan fingerprint density at radius 2 is 2.19 bits per heavy atom. The number of aromatic nitrogens is 2. The molecular weight excluding hydrogens is 268 g/mol. The van der Waals surface area contributed by atoms with Gasteiger partial charge >= 0.3 is 0 Å². The lowest BCUT2D eigenvalue weighted by atomic mass is 9.99. The van der Waals surface area contributed by atoms with Gasteiger partial charge in [0.2, 0.25) is 5.91 Å². The smallest absolute Gasteiger partial charge is 0.254 e. The lowest BCUT2D eigenvalue weighted by molar-refractivity contribution is -0.133. The van der Waals surface area contributed by atoms with Crippen molar-refractivity contribution in [1.82, 2.24) is 20.0 Å². The van der Waals surface area contributed by atoms with Crippen molar-refractivity contribution in [3.8, 4) is 0 Å². The van der Waals surface area contributed by atoms with Crippen LogP contribution in [-0.4, -0.2) is 46.1 Å². The van der Waals surface area contributed by atoms with Crippen molar-refractivity contribution in [2.75, 3.05) is 19.6 Å². The molecule has 1 N–H and O–H groups in total. The Kier molecular flexibility index (Phi) is 3.94. The molecule has 0 atom stereocenters. The largest absolute Gasteiger partial charge is 0.352 e. The zero-order chi connectivity index (χ0) is 14.8. The number of nitrogens with one attached hydrogen (secondary N) is 1. The van der Waals surface area contributed by atoms with Gasteiger partial charge in [-0.2, -0.15) is 5.10 Å². The summed E-state index contributed by atoms with van der Waals surface area (Å²) in [7, 11) is 0. The lowest BCUT2D eigenvalue weighted by Gasteiger charge is -2.30. The van der Waals surface area contributed by atoms with Gasteiger partial charge in [-0.05, 0) is 31.6 Å².